The van der Waals surface area contributed by atoms with Crippen LogP contribution in [0.5, 0.6) is 11.5 Å². The summed E-state index contributed by atoms with van der Waals surface area (Å²) in [5, 5.41) is 2.40. The first kappa shape index (κ1) is 16.2. The van der Waals surface area contributed by atoms with Crippen molar-refractivity contribution in [2.45, 2.75) is 17.1 Å². The van der Waals surface area contributed by atoms with E-state index in [4.69, 9.17) is 13.9 Å². The molecule has 3 aromatic rings. The summed E-state index contributed by atoms with van der Waals surface area (Å²) in [7, 11) is -3.54. The van der Waals surface area contributed by atoms with Crippen LogP contribution < -0.4 is 9.47 Å². The van der Waals surface area contributed by atoms with Gasteiger partial charge in [-0.3, -0.25) is 0 Å². The van der Waals surface area contributed by atoms with Crippen molar-refractivity contribution in [1.29, 1.82) is 0 Å². The molecule has 1 aliphatic heterocycles. The highest BCUT2D eigenvalue weighted by atomic mass is 32.2. The number of nitrogens with zero attached hydrogens (tertiary/aromatic N) is 1. The molecule has 0 unspecified atom stereocenters. The molecule has 0 N–H and O–H groups in total. The summed E-state index contributed by atoms with van der Waals surface area (Å²) in [6, 6.07) is 8.27. The highest BCUT2D eigenvalue weighted by Crippen LogP contribution is 2.33. The lowest BCUT2D eigenvalue weighted by Gasteiger charge is -2.09. The number of rotatable bonds is 4. The Labute approximate surface area is 149 Å². The zero-order valence-electron chi connectivity index (χ0n) is 13.2. The number of benzene rings is 1. The normalized spacial score (nSPS) is 14.2. The number of furan rings is 1. The molecule has 1 aliphatic rings. The zero-order valence-corrected chi connectivity index (χ0v) is 14.8. The number of sulfone groups is 1. The smallest absolute Gasteiger partial charge is 0.184 e. The maximum Gasteiger partial charge on any atom is 0.184 e. The summed E-state index contributed by atoms with van der Waals surface area (Å²) in [6.07, 6.45) is 2.33. The first-order valence-electron chi connectivity index (χ1n) is 7.72. The molecule has 130 valence electrons. The van der Waals surface area contributed by atoms with Gasteiger partial charge in [-0.05, 0) is 24.3 Å². The van der Waals surface area contributed by atoms with E-state index in [-0.39, 0.29) is 10.6 Å². The Kier molecular flexibility index (Phi) is 4.22. The number of ether oxygens (including phenoxy) is 2. The fourth-order valence-corrected chi connectivity index (χ4v) is 4.66. The highest BCUT2D eigenvalue weighted by Gasteiger charge is 2.21. The predicted octanol–water partition coefficient (Wildman–Crippen LogP) is 3.54. The third kappa shape index (κ3) is 3.40. The first-order chi connectivity index (χ1) is 12.1. The third-order valence-corrected chi connectivity index (χ3v) is 6.25. The van der Waals surface area contributed by atoms with Gasteiger partial charge >= 0.3 is 0 Å². The third-order valence-electron chi connectivity index (χ3n) is 3.70. The quantitative estimate of drug-likeness (QED) is 0.692. The second kappa shape index (κ2) is 6.53. The molecular formula is C17H15NO5S2. The van der Waals surface area contributed by atoms with Gasteiger partial charge < -0.3 is 13.9 Å². The minimum absolute atomic E-state index is 0.177. The van der Waals surface area contributed by atoms with Gasteiger partial charge in [-0.2, -0.15) is 0 Å². The van der Waals surface area contributed by atoms with Crippen molar-refractivity contribution in [3.05, 3.63) is 47.7 Å². The van der Waals surface area contributed by atoms with Crippen LogP contribution in [0, 0.1) is 0 Å². The Morgan fingerprint density at radius 3 is 2.76 bits per heavy atom. The zero-order chi connectivity index (χ0) is 17.3. The van der Waals surface area contributed by atoms with Crippen LogP contribution in [0.4, 0.5) is 0 Å². The standard InChI is InChI=1S/C17H15NO5S2/c19-25(20,11-12-10-24-17(18-12)15-3-1-6-22-15)13-4-5-14-16(9-13)23-8-2-7-21-14/h1,3-6,9-10H,2,7-8,11H2. The van der Waals surface area contributed by atoms with Crippen LogP contribution in [0.25, 0.3) is 10.8 Å². The molecule has 25 heavy (non-hydrogen) atoms. The van der Waals surface area contributed by atoms with Gasteiger partial charge in [-0.15, -0.1) is 11.3 Å². The van der Waals surface area contributed by atoms with E-state index in [1.54, 1.807) is 35.9 Å². The molecule has 0 saturated carbocycles. The van der Waals surface area contributed by atoms with E-state index in [0.717, 1.165) is 6.42 Å². The van der Waals surface area contributed by atoms with Gasteiger partial charge in [-0.1, -0.05) is 0 Å². The van der Waals surface area contributed by atoms with E-state index < -0.39 is 9.84 Å². The fourth-order valence-electron chi connectivity index (χ4n) is 2.50. The molecule has 0 atom stereocenters. The number of fused-ring (bicyclic) bond motifs is 1. The average Bonchev–Trinajstić information content (AvgIpc) is 3.21. The Hall–Kier alpha value is -2.32. The molecule has 0 saturated heterocycles. The van der Waals surface area contributed by atoms with Crippen LogP contribution in [0.15, 0.2) is 51.3 Å². The fraction of sp³-hybridized carbons (Fsp3) is 0.235. The number of thiazole rings is 1. The number of hydrogen-bond donors (Lipinski definition) is 0. The van der Waals surface area contributed by atoms with Gasteiger partial charge in [0.2, 0.25) is 0 Å². The molecule has 0 amide bonds. The van der Waals surface area contributed by atoms with Crippen LogP contribution >= 0.6 is 11.3 Å². The monoisotopic (exact) mass is 377 g/mol. The molecule has 0 aliphatic carbocycles. The van der Waals surface area contributed by atoms with Crippen LogP contribution in [0.3, 0.4) is 0 Å². The minimum Gasteiger partial charge on any atom is -0.490 e. The van der Waals surface area contributed by atoms with Crippen LogP contribution in [-0.4, -0.2) is 26.6 Å². The van der Waals surface area contributed by atoms with E-state index in [1.807, 2.05) is 0 Å². The van der Waals surface area contributed by atoms with Gasteiger partial charge in [-0.25, -0.2) is 13.4 Å². The lowest BCUT2D eigenvalue weighted by atomic mass is 10.3. The largest absolute Gasteiger partial charge is 0.490 e. The SMILES string of the molecule is O=S(=O)(Cc1csc(-c2ccco2)n1)c1ccc2c(c1)OCCCO2. The minimum atomic E-state index is -3.54. The molecule has 0 bridgehead atoms. The van der Waals surface area contributed by atoms with E-state index >= 15 is 0 Å². The number of aromatic nitrogens is 1. The van der Waals surface area contributed by atoms with Gasteiger partial charge in [0, 0.05) is 17.9 Å². The van der Waals surface area contributed by atoms with Gasteiger partial charge in [0.05, 0.1) is 35.8 Å². The van der Waals surface area contributed by atoms with Gasteiger partial charge in [0.1, 0.15) is 0 Å². The van der Waals surface area contributed by atoms with Crippen molar-refractivity contribution < 1.29 is 22.3 Å². The summed E-state index contributed by atoms with van der Waals surface area (Å²) in [5.41, 5.74) is 0.489. The van der Waals surface area contributed by atoms with Crippen molar-refractivity contribution >= 4 is 21.2 Å². The lowest BCUT2D eigenvalue weighted by molar-refractivity contribution is 0.297. The van der Waals surface area contributed by atoms with Crippen molar-refractivity contribution in [2.24, 2.45) is 0 Å². The van der Waals surface area contributed by atoms with Crippen LogP contribution in [0.2, 0.25) is 0 Å². The first-order valence-corrected chi connectivity index (χ1v) is 10.3. The predicted molar refractivity (Wildman–Crippen MR) is 92.8 cm³/mol. The highest BCUT2D eigenvalue weighted by molar-refractivity contribution is 7.90. The summed E-state index contributed by atoms with van der Waals surface area (Å²) in [4.78, 5) is 4.55. The maximum absolute atomic E-state index is 12.7. The molecule has 8 heteroatoms. The average molecular weight is 377 g/mol. The van der Waals surface area contributed by atoms with Crippen molar-refractivity contribution in [3.8, 4) is 22.3 Å². The van der Waals surface area contributed by atoms with Crippen LogP contribution in [-0.2, 0) is 15.6 Å². The van der Waals surface area contributed by atoms with Crippen LogP contribution in [0.1, 0.15) is 12.1 Å². The van der Waals surface area contributed by atoms with Gasteiger partial charge in [0.15, 0.2) is 32.1 Å². The van der Waals surface area contributed by atoms with Crippen molar-refractivity contribution in [2.75, 3.05) is 13.2 Å². The molecule has 6 nitrogen and oxygen atoms in total. The van der Waals surface area contributed by atoms with E-state index in [2.05, 4.69) is 4.98 Å². The topological polar surface area (TPSA) is 78.6 Å². The summed E-state index contributed by atoms with van der Waals surface area (Å²) in [5.74, 6) is 1.49. The Morgan fingerprint density at radius 1 is 1.12 bits per heavy atom. The Bertz CT molecular complexity index is 976. The van der Waals surface area contributed by atoms with Crippen molar-refractivity contribution in [1.82, 2.24) is 4.98 Å². The molecule has 0 fully saturated rings. The summed E-state index contributed by atoms with van der Waals surface area (Å²) < 4.78 is 41.8. The molecular weight excluding hydrogens is 362 g/mol. The van der Waals surface area contributed by atoms with Crippen molar-refractivity contribution in [3.63, 3.8) is 0 Å². The molecule has 1 aromatic carbocycles. The summed E-state index contributed by atoms with van der Waals surface area (Å²) in [6.45, 7) is 1.07. The van der Waals surface area contributed by atoms with E-state index in [1.165, 1.54) is 17.4 Å². The van der Waals surface area contributed by atoms with E-state index in [9.17, 15) is 8.42 Å². The Morgan fingerprint density at radius 2 is 1.96 bits per heavy atom. The molecule has 0 spiro atoms. The summed E-state index contributed by atoms with van der Waals surface area (Å²) >= 11 is 1.35. The Balaban J connectivity index is 1.59. The van der Waals surface area contributed by atoms with E-state index in [0.29, 0.717) is 41.2 Å². The molecule has 0 radical (unpaired) electrons. The second-order valence-corrected chi connectivity index (χ2v) is 8.39. The molecule has 2 aromatic heterocycles. The lowest BCUT2D eigenvalue weighted by Crippen LogP contribution is -2.06. The second-order valence-electron chi connectivity index (χ2n) is 5.54. The number of hydrogen-bond acceptors (Lipinski definition) is 7. The molecule has 4 rings (SSSR count). The van der Waals surface area contributed by atoms with Gasteiger partial charge in [0.25, 0.3) is 0 Å². The molecule has 3 heterocycles. The maximum atomic E-state index is 12.7.